The average molecular weight is 263 g/mol. The molecule has 102 valence electrons. The number of para-hydroxylation sites is 1. The monoisotopic (exact) mass is 263 g/mol. The Hall–Kier alpha value is -1.88. The first-order valence-corrected chi connectivity index (χ1v) is 6.32. The van der Waals surface area contributed by atoms with Crippen LogP contribution < -0.4 is 4.90 Å². The van der Waals surface area contributed by atoms with E-state index >= 15 is 0 Å². The van der Waals surface area contributed by atoms with E-state index in [-0.39, 0.29) is 11.5 Å². The summed E-state index contributed by atoms with van der Waals surface area (Å²) in [6.07, 6.45) is 2.17. The molecular weight excluding hydrogens is 246 g/mol. The number of hydrogen-bond donors (Lipinski definition) is 1. The Morgan fingerprint density at radius 3 is 2.68 bits per heavy atom. The Morgan fingerprint density at radius 2 is 2.05 bits per heavy atom. The molecule has 1 unspecified atom stereocenters. The lowest BCUT2D eigenvalue weighted by molar-refractivity contribution is -0.132. The highest BCUT2D eigenvalue weighted by atomic mass is 16.5. The summed E-state index contributed by atoms with van der Waals surface area (Å²) in [6.45, 7) is 0.588. The van der Waals surface area contributed by atoms with Gasteiger partial charge in [-0.15, -0.1) is 0 Å². The first-order valence-electron chi connectivity index (χ1n) is 6.32. The van der Waals surface area contributed by atoms with Crippen molar-refractivity contribution < 1.29 is 19.4 Å². The molecule has 5 nitrogen and oxygen atoms in total. The summed E-state index contributed by atoms with van der Waals surface area (Å²) < 4.78 is 5.44. The lowest BCUT2D eigenvalue weighted by Gasteiger charge is -2.27. The molecule has 19 heavy (non-hydrogen) atoms. The van der Waals surface area contributed by atoms with Crippen molar-refractivity contribution in [3.63, 3.8) is 0 Å². The standard InChI is InChI=1S/C14H17NO4/c1-15(13(16)12-8-4-5-9-19-12)11-7-3-2-6-10(11)14(17)18/h2-3,6-7,12H,4-5,8-9H2,1H3,(H,17,18). The second-order valence-corrected chi connectivity index (χ2v) is 4.57. The summed E-state index contributed by atoms with van der Waals surface area (Å²) in [6, 6.07) is 6.48. The molecule has 0 bridgehead atoms. The molecule has 0 aliphatic carbocycles. The third-order valence-corrected chi connectivity index (χ3v) is 3.28. The van der Waals surface area contributed by atoms with Gasteiger partial charge in [-0.3, -0.25) is 4.79 Å². The predicted molar refractivity (Wildman–Crippen MR) is 70.4 cm³/mol. The van der Waals surface area contributed by atoms with Crippen molar-refractivity contribution in [3.8, 4) is 0 Å². The molecule has 1 aliphatic heterocycles. The first kappa shape index (κ1) is 13.5. The van der Waals surface area contributed by atoms with E-state index in [2.05, 4.69) is 0 Å². The van der Waals surface area contributed by atoms with Crippen molar-refractivity contribution in [1.82, 2.24) is 0 Å². The number of nitrogens with zero attached hydrogens (tertiary/aromatic N) is 1. The number of amides is 1. The summed E-state index contributed by atoms with van der Waals surface area (Å²) in [7, 11) is 1.59. The number of benzene rings is 1. The third kappa shape index (κ3) is 2.93. The van der Waals surface area contributed by atoms with Gasteiger partial charge in [0.15, 0.2) is 0 Å². The van der Waals surface area contributed by atoms with E-state index in [0.29, 0.717) is 18.7 Å². The zero-order valence-corrected chi connectivity index (χ0v) is 10.8. The number of anilines is 1. The molecule has 1 aliphatic rings. The number of carbonyl (C=O) groups excluding carboxylic acids is 1. The van der Waals surface area contributed by atoms with Gasteiger partial charge in [0.2, 0.25) is 0 Å². The van der Waals surface area contributed by atoms with Crippen molar-refractivity contribution in [1.29, 1.82) is 0 Å². The molecule has 2 rings (SSSR count). The maximum Gasteiger partial charge on any atom is 0.337 e. The fraction of sp³-hybridized carbons (Fsp3) is 0.429. The van der Waals surface area contributed by atoms with Crippen LogP contribution >= 0.6 is 0 Å². The molecule has 1 N–H and O–H groups in total. The Balaban J connectivity index is 2.21. The third-order valence-electron chi connectivity index (χ3n) is 3.28. The molecule has 5 heteroatoms. The molecule has 1 amide bonds. The number of ether oxygens (including phenoxy) is 1. The van der Waals surface area contributed by atoms with E-state index in [9.17, 15) is 9.59 Å². The summed E-state index contributed by atoms with van der Waals surface area (Å²) in [4.78, 5) is 24.8. The minimum atomic E-state index is -1.04. The summed E-state index contributed by atoms with van der Waals surface area (Å²) in [5, 5.41) is 9.14. The Bertz CT molecular complexity index is 480. The molecular formula is C14H17NO4. The molecule has 0 spiro atoms. The van der Waals surface area contributed by atoms with E-state index in [0.717, 1.165) is 12.8 Å². The van der Waals surface area contributed by atoms with Gasteiger partial charge in [0.05, 0.1) is 11.3 Å². The minimum absolute atomic E-state index is 0.120. The number of rotatable bonds is 3. The van der Waals surface area contributed by atoms with E-state index in [1.54, 1.807) is 25.2 Å². The van der Waals surface area contributed by atoms with Crippen LogP contribution in [0.4, 0.5) is 5.69 Å². The van der Waals surface area contributed by atoms with Gasteiger partial charge in [-0.1, -0.05) is 12.1 Å². The molecule has 0 aromatic heterocycles. The largest absolute Gasteiger partial charge is 0.478 e. The van der Waals surface area contributed by atoms with E-state index in [1.165, 1.54) is 11.0 Å². The van der Waals surface area contributed by atoms with Crippen LogP contribution in [0.1, 0.15) is 29.6 Å². The Labute approximate surface area is 111 Å². The Morgan fingerprint density at radius 1 is 1.32 bits per heavy atom. The summed E-state index contributed by atoms with van der Waals surface area (Å²) in [5.41, 5.74) is 0.517. The topological polar surface area (TPSA) is 66.8 Å². The molecule has 1 atom stereocenters. The van der Waals surface area contributed by atoms with Crippen LogP contribution in [-0.4, -0.2) is 36.7 Å². The first-order chi connectivity index (χ1) is 9.11. The maximum atomic E-state index is 12.3. The maximum absolute atomic E-state index is 12.3. The van der Waals surface area contributed by atoms with Gasteiger partial charge in [-0.2, -0.15) is 0 Å². The van der Waals surface area contributed by atoms with Crippen LogP contribution in [-0.2, 0) is 9.53 Å². The zero-order chi connectivity index (χ0) is 13.8. The second-order valence-electron chi connectivity index (χ2n) is 4.57. The summed E-state index contributed by atoms with van der Waals surface area (Å²) >= 11 is 0. The van der Waals surface area contributed by atoms with Gasteiger partial charge in [0.1, 0.15) is 6.10 Å². The lowest BCUT2D eigenvalue weighted by Crippen LogP contribution is -2.40. The SMILES string of the molecule is CN(C(=O)C1CCCCO1)c1ccccc1C(=O)O. The van der Waals surface area contributed by atoms with E-state index in [4.69, 9.17) is 9.84 Å². The molecule has 1 heterocycles. The van der Waals surface area contributed by atoms with Crippen molar-refractivity contribution >= 4 is 17.6 Å². The fourth-order valence-electron chi connectivity index (χ4n) is 2.22. The van der Waals surface area contributed by atoms with Crippen LogP contribution in [0.5, 0.6) is 0 Å². The quantitative estimate of drug-likeness (QED) is 0.904. The minimum Gasteiger partial charge on any atom is -0.478 e. The van der Waals surface area contributed by atoms with Crippen LogP contribution in [0.3, 0.4) is 0 Å². The van der Waals surface area contributed by atoms with Crippen LogP contribution in [0, 0.1) is 0 Å². The van der Waals surface area contributed by atoms with Crippen molar-refractivity contribution in [2.24, 2.45) is 0 Å². The van der Waals surface area contributed by atoms with Crippen molar-refractivity contribution in [3.05, 3.63) is 29.8 Å². The Kier molecular flexibility index (Phi) is 4.16. The molecule has 1 saturated heterocycles. The number of carboxylic acids is 1. The second kappa shape index (κ2) is 5.84. The zero-order valence-electron chi connectivity index (χ0n) is 10.8. The van der Waals surface area contributed by atoms with Gasteiger partial charge in [0, 0.05) is 13.7 Å². The molecule has 1 fully saturated rings. The number of hydrogen-bond acceptors (Lipinski definition) is 3. The molecule has 1 aromatic rings. The van der Waals surface area contributed by atoms with Crippen LogP contribution in [0.15, 0.2) is 24.3 Å². The van der Waals surface area contributed by atoms with Gasteiger partial charge in [-0.25, -0.2) is 4.79 Å². The van der Waals surface area contributed by atoms with Crippen LogP contribution in [0.25, 0.3) is 0 Å². The van der Waals surface area contributed by atoms with Gasteiger partial charge >= 0.3 is 5.97 Å². The highest BCUT2D eigenvalue weighted by Gasteiger charge is 2.27. The predicted octanol–water partition coefficient (Wildman–Crippen LogP) is 1.92. The van der Waals surface area contributed by atoms with Gasteiger partial charge in [0.25, 0.3) is 5.91 Å². The number of carbonyl (C=O) groups is 2. The van der Waals surface area contributed by atoms with E-state index in [1.807, 2.05) is 0 Å². The van der Waals surface area contributed by atoms with Gasteiger partial charge < -0.3 is 14.7 Å². The van der Waals surface area contributed by atoms with Crippen molar-refractivity contribution in [2.45, 2.75) is 25.4 Å². The smallest absolute Gasteiger partial charge is 0.337 e. The lowest BCUT2D eigenvalue weighted by atomic mass is 10.1. The number of likely N-dealkylation sites (N-methyl/N-ethyl adjacent to an activating group) is 1. The highest BCUT2D eigenvalue weighted by molar-refractivity contribution is 6.03. The van der Waals surface area contributed by atoms with Crippen LogP contribution in [0.2, 0.25) is 0 Å². The average Bonchev–Trinajstić information content (AvgIpc) is 2.46. The highest BCUT2D eigenvalue weighted by Crippen LogP contribution is 2.22. The normalized spacial score (nSPS) is 18.9. The molecule has 0 radical (unpaired) electrons. The van der Waals surface area contributed by atoms with Crippen molar-refractivity contribution in [2.75, 3.05) is 18.6 Å². The fourth-order valence-corrected chi connectivity index (χ4v) is 2.22. The van der Waals surface area contributed by atoms with E-state index < -0.39 is 12.1 Å². The molecule has 1 aromatic carbocycles. The number of aromatic carboxylic acids is 1. The summed E-state index contributed by atoms with van der Waals surface area (Å²) in [5.74, 6) is -1.23. The molecule has 0 saturated carbocycles. The van der Waals surface area contributed by atoms with Gasteiger partial charge in [-0.05, 0) is 31.4 Å². The number of carboxylic acid groups (broad SMARTS) is 1.